The summed E-state index contributed by atoms with van der Waals surface area (Å²) in [4.78, 5) is 14.5. The molecule has 0 aliphatic carbocycles. The number of hydrogen-bond donors (Lipinski definition) is 1. The van der Waals surface area contributed by atoms with Crippen molar-refractivity contribution in [3.05, 3.63) is 64.1 Å². The smallest absolute Gasteiger partial charge is 0.225 e. The molecule has 0 saturated carbocycles. The molecule has 1 fully saturated rings. The summed E-state index contributed by atoms with van der Waals surface area (Å²) in [6.07, 6.45) is 0.430. The van der Waals surface area contributed by atoms with Crippen LogP contribution >= 0.6 is 23.2 Å². The van der Waals surface area contributed by atoms with Gasteiger partial charge in [-0.15, -0.1) is 0 Å². The maximum absolute atomic E-state index is 12.2. The van der Waals surface area contributed by atoms with Crippen molar-refractivity contribution in [1.29, 1.82) is 0 Å². The van der Waals surface area contributed by atoms with E-state index in [9.17, 15) is 4.79 Å². The third kappa shape index (κ3) is 4.95. The van der Waals surface area contributed by atoms with Gasteiger partial charge in [0.2, 0.25) is 5.91 Å². The molecule has 0 spiro atoms. The second-order valence-electron chi connectivity index (χ2n) is 5.97. The highest BCUT2D eigenvalue weighted by Gasteiger charge is 2.22. The Morgan fingerprint density at radius 3 is 2.56 bits per heavy atom. The summed E-state index contributed by atoms with van der Waals surface area (Å²) in [6, 6.07) is 15.3. The fourth-order valence-corrected chi connectivity index (χ4v) is 3.35. The molecule has 1 aliphatic rings. The van der Waals surface area contributed by atoms with E-state index in [0.29, 0.717) is 35.3 Å². The van der Waals surface area contributed by atoms with Gasteiger partial charge in [0.25, 0.3) is 0 Å². The summed E-state index contributed by atoms with van der Waals surface area (Å²) in [5, 5.41) is 3.68. The third-order valence-electron chi connectivity index (χ3n) is 4.20. The molecule has 1 amide bonds. The van der Waals surface area contributed by atoms with Gasteiger partial charge in [-0.1, -0.05) is 59.6 Å². The fourth-order valence-electron chi connectivity index (χ4n) is 2.85. The molecule has 1 atom stereocenters. The van der Waals surface area contributed by atoms with Gasteiger partial charge in [-0.25, -0.2) is 0 Å². The summed E-state index contributed by atoms with van der Waals surface area (Å²) >= 11 is 12.2. The minimum absolute atomic E-state index is 0.0519. The number of nitrogens with one attached hydrogen (secondary N) is 1. The molecule has 6 heteroatoms. The number of amides is 1. The summed E-state index contributed by atoms with van der Waals surface area (Å²) in [6.45, 7) is 2.94. The van der Waals surface area contributed by atoms with E-state index in [1.807, 2.05) is 18.2 Å². The Morgan fingerprint density at radius 2 is 1.84 bits per heavy atom. The van der Waals surface area contributed by atoms with Crippen LogP contribution in [0.5, 0.6) is 0 Å². The number of halogens is 2. The molecular weight excluding hydrogens is 359 g/mol. The number of carbonyl (C=O) groups excluding carboxylic acids is 1. The molecule has 1 unspecified atom stereocenters. The second-order valence-corrected chi connectivity index (χ2v) is 6.78. The van der Waals surface area contributed by atoms with Gasteiger partial charge in [-0.3, -0.25) is 9.69 Å². The zero-order valence-corrected chi connectivity index (χ0v) is 15.3. The molecule has 1 N–H and O–H groups in total. The lowest BCUT2D eigenvalue weighted by Gasteiger charge is -2.33. The molecule has 0 aromatic heterocycles. The van der Waals surface area contributed by atoms with Crippen molar-refractivity contribution in [1.82, 2.24) is 4.90 Å². The van der Waals surface area contributed by atoms with Crippen molar-refractivity contribution < 1.29 is 9.53 Å². The van der Waals surface area contributed by atoms with E-state index in [1.54, 1.807) is 18.2 Å². The molecule has 4 nitrogen and oxygen atoms in total. The average molecular weight is 379 g/mol. The lowest BCUT2D eigenvalue weighted by atomic mass is 10.1. The zero-order valence-electron chi connectivity index (χ0n) is 13.8. The molecule has 1 saturated heterocycles. The number of carbonyl (C=O) groups is 1. The molecule has 3 rings (SSSR count). The molecule has 2 aromatic rings. The molecular formula is C19H20Cl2N2O2. The summed E-state index contributed by atoms with van der Waals surface area (Å²) < 4.78 is 5.85. The number of benzene rings is 2. The molecule has 1 aliphatic heterocycles. The first kappa shape index (κ1) is 18.2. The number of rotatable bonds is 5. The number of morpholine rings is 1. The summed E-state index contributed by atoms with van der Waals surface area (Å²) in [5.41, 5.74) is 1.64. The van der Waals surface area contributed by atoms with Crippen LogP contribution < -0.4 is 5.32 Å². The first-order valence-corrected chi connectivity index (χ1v) is 9.02. The Bertz CT molecular complexity index is 704. The van der Waals surface area contributed by atoms with Gasteiger partial charge in [-0.2, -0.15) is 0 Å². The van der Waals surface area contributed by atoms with Crippen molar-refractivity contribution in [3.63, 3.8) is 0 Å². The third-order valence-corrected chi connectivity index (χ3v) is 4.83. The molecule has 2 aromatic carbocycles. The van der Waals surface area contributed by atoms with Crippen LogP contribution in [0, 0.1) is 0 Å². The molecule has 0 bridgehead atoms. The van der Waals surface area contributed by atoms with Gasteiger partial charge in [0.15, 0.2) is 0 Å². The van der Waals surface area contributed by atoms with Gasteiger partial charge in [0, 0.05) is 26.1 Å². The van der Waals surface area contributed by atoms with Crippen LogP contribution in [0.1, 0.15) is 18.1 Å². The van der Waals surface area contributed by atoms with Crippen molar-refractivity contribution >= 4 is 34.8 Å². The van der Waals surface area contributed by atoms with E-state index in [1.165, 1.54) is 5.56 Å². The Labute approximate surface area is 157 Å². The van der Waals surface area contributed by atoms with E-state index in [-0.39, 0.29) is 12.0 Å². The van der Waals surface area contributed by atoms with Crippen LogP contribution in [0.4, 0.5) is 5.69 Å². The lowest BCUT2D eigenvalue weighted by molar-refractivity contribution is -0.117. The number of hydrogen-bond acceptors (Lipinski definition) is 3. The lowest BCUT2D eigenvalue weighted by Crippen LogP contribution is -2.39. The first-order valence-electron chi connectivity index (χ1n) is 8.26. The predicted molar refractivity (Wildman–Crippen MR) is 101 cm³/mol. The largest absolute Gasteiger partial charge is 0.371 e. The molecule has 0 radical (unpaired) electrons. The van der Waals surface area contributed by atoms with Gasteiger partial charge in [0.05, 0.1) is 28.4 Å². The van der Waals surface area contributed by atoms with E-state index in [4.69, 9.17) is 27.9 Å². The highest BCUT2D eigenvalue weighted by Crippen LogP contribution is 2.30. The number of ether oxygens (including phenoxy) is 1. The van der Waals surface area contributed by atoms with Crippen molar-refractivity contribution in [3.8, 4) is 0 Å². The summed E-state index contributed by atoms with van der Waals surface area (Å²) in [7, 11) is 0. The first-order chi connectivity index (χ1) is 12.1. The van der Waals surface area contributed by atoms with Crippen molar-refractivity contribution in [2.45, 2.75) is 12.5 Å². The maximum Gasteiger partial charge on any atom is 0.225 e. The number of nitrogens with zero attached hydrogens (tertiary/aromatic N) is 1. The quantitative estimate of drug-likeness (QED) is 0.838. The normalized spacial score (nSPS) is 18.1. The Hall–Kier alpha value is -1.59. The van der Waals surface area contributed by atoms with Crippen molar-refractivity contribution in [2.75, 3.05) is 31.6 Å². The van der Waals surface area contributed by atoms with E-state index in [2.05, 4.69) is 22.3 Å². The summed E-state index contributed by atoms with van der Waals surface area (Å²) in [5.74, 6) is -0.0993. The van der Waals surface area contributed by atoms with Crippen LogP contribution in [0.25, 0.3) is 0 Å². The number of para-hydroxylation sites is 1. The number of anilines is 1. The van der Waals surface area contributed by atoms with Gasteiger partial charge >= 0.3 is 0 Å². The van der Waals surface area contributed by atoms with Crippen molar-refractivity contribution in [2.24, 2.45) is 0 Å². The van der Waals surface area contributed by atoms with Gasteiger partial charge < -0.3 is 10.1 Å². The van der Waals surface area contributed by atoms with Crippen LogP contribution in [-0.2, 0) is 9.53 Å². The van der Waals surface area contributed by atoms with Gasteiger partial charge in [0.1, 0.15) is 0 Å². The van der Waals surface area contributed by atoms with Crippen LogP contribution in [-0.4, -0.2) is 37.0 Å². The Kier molecular flexibility index (Phi) is 6.32. The predicted octanol–water partition coefficient (Wildman–Crippen LogP) is 4.40. The molecule has 1 heterocycles. The minimum Gasteiger partial charge on any atom is -0.371 e. The van der Waals surface area contributed by atoms with Gasteiger partial charge in [-0.05, 0) is 17.7 Å². The maximum atomic E-state index is 12.2. The second kappa shape index (κ2) is 8.68. The Morgan fingerprint density at radius 1 is 1.12 bits per heavy atom. The standard InChI is InChI=1S/C19H20Cl2N2O2/c20-15-7-4-8-16(21)19(15)22-18(24)9-10-23-11-12-25-17(13-23)14-5-2-1-3-6-14/h1-8,17H,9-13H2,(H,22,24). The minimum atomic E-state index is -0.0993. The zero-order chi connectivity index (χ0) is 17.6. The highest BCUT2D eigenvalue weighted by molar-refractivity contribution is 6.39. The topological polar surface area (TPSA) is 41.6 Å². The van der Waals surface area contributed by atoms with E-state index >= 15 is 0 Å². The van der Waals surface area contributed by atoms with Crippen LogP contribution in [0.2, 0.25) is 10.0 Å². The average Bonchev–Trinajstić information content (AvgIpc) is 2.64. The monoisotopic (exact) mass is 378 g/mol. The Balaban J connectivity index is 1.52. The van der Waals surface area contributed by atoms with Crippen LogP contribution in [0.3, 0.4) is 0 Å². The highest BCUT2D eigenvalue weighted by atomic mass is 35.5. The van der Waals surface area contributed by atoms with Crippen LogP contribution in [0.15, 0.2) is 48.5 Å². The molecule has 25 heavy (non-hydrogen) atoms. The SMILES string of the molecule is O=C(CCN1CCOC(c2ccccc2)C1)Nc1c(Cl)cccc1Cl. The fraction of sp³-hybridized carbons (Fsp3) is 0.316. The molecule has 132 valence electrons. The van der Waals surface area contributed by atoms with E-state index < -0.39 is 0 Å². The van der Waals surface area contributed by atoms with E-state index in [0.717, 1.165) is 13.1 Å².